The van der Waals surface area contributed by atoms with Gasteiger partial charge >= 0.3 is 5.97 Å². The highest BCUT2D eigenvalue weighted by atomic mass is 19.1. The van der Waals surface area contributed by atoms with E-state index in [1.165, 1.54) is 4.57 Å². The van der Waals surface area contributed by atoms with Crippen molar-refractivity contribution in [2.24, 2.45) is 13.0 Å². The first-order valence-corrected chi connectivity index (χ1v) is 8.06. The molecule has 1 aromatic heterocycles. The van der Waals surface area contributed by atoms with Gasteiger partial charge in [-0.25, -0.2) is 4.39 Å². The lowest BCUT2D eigenvalue weighted by molar-refractivity contribution is -0.139. The Morgan fingerprint density at radius 3 is 2.61 bits per heavy atom. The maximum atomic E-state index is 12.8. The summed E-state index contributed by atoms with van der Waals surface area (Å²) < 4.78 is 14.3. The van der Waals surface area contributed by atoms with Gasteiger partial charge in [-0.15, -0.1) is 0 Å². The average Bonchev–Trinajstić information content (AvgIpc) is 2.43. The smallest absolute Gasteiger partial charge is 0.311 e. The maximum absolute atomic E-state index is 12.8. The van der Waals surface area contributed by atoms with Crippen molar-refractivity contribution in [2.45, 2.75) is 38.8 Å². The van der Waals surface area contributed by atoms with E-state index in [2.05, 4.69) is 0 Å². The lowest BCUT2D eigenvalue weighted by Crippen LogP contribution is -2.48. The summed E-state index contributed by atoms with van der Waals surface area (Å²) in [6.45, 7) is 5.54. The van der Waals surface area contributed by atoms with Gasteiger partial charge in [0, 0.05) is 38.4 Å². The predicted molar refractivity (Wildman–Crippen MR) is 86.6 cm³/mol. The Balaban J connectivity index is 2.20. The summed E-state index contributed by atoms with van der Waals surface area (Å²) in [4.78, 5) is 25.9. The van der Waals surface area contributed by atoms with Crippen LogP contribution in [0.25, 0.3) is 0 Å². The molecule has 0 saturated carbocycles. The molecule has 1 unspecified atom stereocenters. The molecule has 6 heteroatoms. The summed E-state index contributed by atoms with van der Waals surface area (Å²) in [6, 6.07) is 1.72. The first kappa shape index (κ1) is 17.7. The SMILES string of the molecule is CC(C)CC(C(=O)O)c1cc(CCN2CC(F)C2)cn(C)c1=O. The molecule has 0 aliphatic carbocycles. The highest BCUT2D eigenvalue weighted by molar-refractivity contribution is 5.76. The Morgan fingerprint density at radius 1 is 1.43 bits per heavy atom. The van der Waals surface area contributed by atoms with E-state index in [1.807, 2.05) is 18.7 Å². The molecule has 1 aromatic rings. The van der Waals surface area contributed by atoms with Gasteiger partial charge in [-0.1, -0.05) is 13.8 Å². The van der Waals surface area contributed by atoms with Gasteiger partial charge in [-0.05, 0) is 30.4 Å². The van der Waals surface area contributed by atoms with Crippen molar-refractivity contribution in [1.82, 2.24) is 9.47 Å². The zero-order valence-electron chi connectivity index (χ0n) is 14.0. The predicted octanol–water partition coefficient (Wildman–Crippen LogP) is 1.80. The molecular weight excluding hydrogens is 299 g/mol. The van der Waals surface area contributed by atoms with Crippen LogP contribution in [0.2, 0.25) is 0 Å². The van der Waals surface area contributed by atoms with Gasteiger partial charge in [0.25, 0.3) is 5.56 Å². The lowest BCUT2D eigenvalue weighted by Gasteiger charge is -2.34. The van der Waals surface area contributed by atoms with Crippen molar-refractivity contribution in [3.63, 3.8) is 0 Å². The van der Waals surface area contributed by atoms with Crippen molar-refractivity contribution in [2.75, 3.05) is 19.6 Å². The number of nitrogens with zero attached hydrogens (tertiary/aromatic N) is 2. The van der Waals surface area contributed by atoms with E-state index in [-0.39, 0.29) is 11.5 Å². The second kappa shape index (κ2) is 7.25. The molecule has 1 aliphatic heterocycles. The number of halogens is 1. The Labute approximate surface area is 135 Å². The number of pyridine rings is 1. The number of likely N-dealkylation sites (tertiary alicyclic amines) is 1. The first-order chi connectivity index (χ1) is 10.8. The summed E-state index contributed by atoms with van der Waals surface area (Å²) in [5.74, 6) is -1.56. The van der Waals surface area contributed by atoms with Gasteiger partial charge in [0.15, 0.2) is 0 Å². The normalized spacial score (nSPS) is 17.3. The maximum Gasteiger partial charge on any atom is 0.311 e. The fourth-order valence-corrected chi connectivity index (χ4v) is 3.00. The molecule has 2 heterocycles. The van der Waals surface area contributed by atoms with E-state index in [4.69, 9.17) is 0 Å². The van der Waals surface area contributed by atoms with Crippen LogP contribution >= 0.6 is 0 Å². The number of rotatable bonds is 7. The number of alkyl halides is 1. The Bertz CT molecular complexity index is 621. The molecule has 1 N–H and O–H groups in total. The molecule has 1 fully saturated rings. The van der Waals surface area contributed by atoms with Crippen molar-refractivity contribution in [3.05, 3.63) is 33.7 Å². The number of hydrogen-bond acceptors (Lipinski definition) is 3. The van der Waals surface area contributed by atoms with Crippen molar-refractivity contribution >= 4 is 5.97 Å². The highest BCUT2D eigenvalue weighted by Crippen LogP contribution is 2.23. The number of aryl methyl sites for hydroxylation is 1. The molecule has 5 nitrogen and oxygen atoms in total. The quantitative estimate of drug-likeness (QED) is 0.831. The summed E-state index contributed by atoms with van der Waals surface area (Å²) in [6.07, 6.45) is 2.13. The minimum atomic E-state index is -0.962. The standard InChI is InChI=1S/C17H25FN2O3/c1-11(2)6-15(17(22)23)14-7-12(8-19(3)16(14)21)4-5-20-9-13(18)10-20/h7-8,11,13,15H,4-6,9-10H2,1-3H3,(H,22,23). The molecular formula is C17H25FN2O3. The van der Waals surface area contributed by atoms with Crippen LogP contribution in [0, 0.1) is 5.92 Å². The highest BCUT2D eigenvalue weighted by Gasteiger charge is 2.27. The van der Waals surface area contributed by atoms with Crippen LogP contribution in [0.5, 0.6) is 0 Å². The van der Waals surface area contributed by atoms with Gasteiger partial charge in [-0.2, -0.15) is 0 Å². The summed E-state index contributed by atoms with van der Waals surface area (Å²) in [5.41, 5.74) is 1.01. The lowest BCUT2D eigenvalue weighted by atomic mass is 9.90. The third-order valence-corrected chi connectivity index (χ3v) is 4.28. The number of carboxylic acids is 1. The first-order valence-electron chi connectivity index (χ1n) is 8.06. The number of hydrogen-bond donors (Lipinski definition) is 1. The molecule has 0 amide bonds. The summed E-state index contributed by atoms with van der Waals surface area (Å²) >= 11 is 0. The monoisotopic (exact) mass is 324 g/mol. The van der Waals surface area contributed by atoms with Crippen LogP contribution in [0.3, 0.4) is 0 Å². The molecule has 1 aliphatic rings. The fraction of sp³-hybridized carbons (Fsp3) is 0.647. The van der Waals surface area contributed by atoms with Crippen molar-refractivity contribution < 1.29 is 14.3 Å². The van der Waals surface area contributed by atoms with E-state index in [0.29, 0.717) is 31.5 Å². The minimum Gasteiger partial charge on any atom is -0.481 e. The molecule has 0 radical (unpaired) electrons. The van der Waals surface area contributed by atoms with Crippen LogP contribution < -0.4 is 5.56 Å². The summed E-state index contributed by atoms with van der Waals surface area (Å²) in [5, 5.41) is 9.48. The van der Waals surface area contributed by atoms with Gasteiger partial charge < -0.3 is 9.67 Å². The number of carbonyl (C=O) groups is 1. The largest absolute Gasteiger partial charge is 0.481 e. The number of carboxylic acid groups (broad SMARTS) is 1. The van der Waals surface area contributed by atoms with Gasteiger partial charge in [-0.3, -0.25) is 14.5 Å². The van der Waals surface area contributed by atoms with E-state index in [0.717, 1.165) is 12.1 Å². The fourth-order valence-electron chi connectivity index (χ4n) is 3.00. The third-order valence-electron chi connectivity index (χ3n) is 4.28. The van der Waals surface area contributed by atoms with Gasteiger partial charge in [0.1, 0.15) is 6.17 Å². The molecule has 0 bridgehead atoms. The van der Waals surface area contributed by atoms with E-state index in [1.54, 1.807) is 19.3 Å². The van der Waals surface area contributed by atoms with E-state index in [9.17, 15) is 19.1 Å². The molecule has 2 rings (SSSR count). The third kappa shape index (κ3) is 4.41. The molecule has 128 valence electrons. The molecule has 0 aromatic carbocycles. The van der Waals surface area contributed by atoms with Crippen LogP contribution in [-0.2, 0) is 18.3 Å². The van der Waals surface area contributed by atoms with Crippen LogP contribution in [0.1, 0.15) is 37.3 Å². The second-order valence-corrected chi connectivity index (χ2v) is 6.85. The zero-order chi connectivity index (χ0) is 17.1. The molecule has 0 spiro atoms. The van der Waals surface area contributed by atoms with Crippen LogP contribution in [0.4, 0.5) is 4.39 Å². The van der Waals surface area contributed by atoms with Crippen molar-refractivity contribution in [1.29, 1.82) is 0 Å². The zero-order valence-corrected chi connectivity index (χ0v) is 14.0. The Morgan fingerprint density at radius 2 is 2.09 bits per heavy atom. The molecule has 23 heavy (non-hydrogen) atoms. The topological polar surface area (TPSA) is 62.5 Å². The van der Waals surface area contributed by atoms with Crippen LogP contribution in [0.15, 0.2) is 17.1 Å². The van der Waals surface area contributed by atoms with Crippen LogP contribution in [-0.4, -0.2) is 46.3 Å². The van der Waals surface area contributed by atoms with E-state index >= 15 is 0 Å². The Kier molecular flexibility index (Phi) is 5.57. The summed E-state index contributed by atoms with van der Waals surface area (Å²) in [7, 11) is 1.64. The van der Waals surface area contributed by atoms with Gasteiger partial charge in [0.2, 0.25) is 0 Å². The van der Waals surface area contributed by atoms with E-state index < -0.39 is 18.1 Å². The van der Waals surface area contributed by atoms with Gasteiger partial charge in [0.05, 0.1) is 5.92 Å². The molecule has 1 saturated heterocycles. The number of aliphatic carboxylic acids is 1. The number of aromatic nitrogens is 1. The Hall–Kier alpha value is -1.69. The minimum absolute atomic E-state index is 0.187. The average molecular weight is 324 g/mol. The second-order valence-electron chi connectivity index (χ2n) is 6.85. The molecule has 1 atom stereocenters. The van der Waals surface area contributed by atoms with Crippen molar-refractivity contribution in [3.8, 4) is 0 Å².